The third kappa shape index (κ3) is 4.02. The van der Waals surface area contributed by atoms with Crippen LogP contribution < -0.4 is 5.32 Å². The minimum atomic E-state index is -0.284. The maximum atomic E-state index is 12.9. The van der Waals surface area contributed by atoms with Crippen molar-refractivity contribution in [3.63, 3.8) is 0 Å². The van der Waals surface area contributed by atoms with Gasteiger partial charge in [-0.1, -0.05) is 30.3 Å². The molecule has 26 heavy (non-hydrogen) atoms. The Kier molecular flexibility index (Phi) is 5.83. The van der Waals surface area contributed by atoms with Crippen LogP contribution in [0.5, 0.6) is 0 Å². The molecule has 0 bridgehead atoms. The predicted molar refractivity (Wildman–Crippen MR) is 97.2 cm³/mol. The fraction of sp³-hybridized carbons (Fsp3) is 0.450. The molecule has 0 radical (unpaired) electrons. The Labute approximate surface area is 153 Å². The Hall–Kier alpha value is -2.47. The number of allylic oxidation sites excluding steroid dienone is 1. The zero-order chi connectivity index (χ0) is 18.5. The fourth-order valence-electron chi connectivity index (χ4n) is 3.59. The zero-order valence-electron chi connectivity index (χ0n) is 15.0. The number of benzene rings is 1. The van der Waals surface area contributed by atoms with E-state index in [0.717, 1.165) is 11.1 Å². The zero-order valence-corrected chi connectivity index (χ0v) is 15.0. The van der Waals surface area contributed by atoms with Gasteiger partial charge in [0.25, 0.3) is 0 Å². The summed E-state index contributed by atoms with van der Waals surface area (Å²) in [4.78, 5) is 38.7. The lowest BCUT2D eigenvalue weighted by Gasteiger charge is -2.35. The van der Waals surface area contributed by atoms with Crippen molar-refractivity contribution in [3.05, 3.63) is 41.5 Å². The summed E-state index contributed by atoms with van der Waals surface area (Å²) in [6.07, 6.45) is 1.43. The van der Waals surface area contributed by atoms with Crippen LogP contribution in [0.15, 0.2) is 35.9 Å². The Bertz CT molecular complexity index is 727. The van der Waals surface area contributed by atoms with E-state index in [-0.39, 0.29) is 36.5 Å². The van der Waals surface area contributed by atoms with E-state index in [1.165, 1.54) is 0 Å². The molecular formula is C20H24N2O4. The van der Waals surface area contributed by atoms with E-state index >= 15 is 0 Å². The molecule has 1 aliphatic carbocycles. The predicted octanol–water partition coefficient (Wildman–Crippen LogP) is 1.56. The molecule has 1 aliphatic heterocycles. The smallest absolute Gasteiger partial charge is 0.227 e. The first kappa shape index (κ1) is 18.3. The monoisotopic (exact) mass is 356 g/mol. The number of Topliss-reactive ketones (excluding diaryl/α,β-unsaturated/α-hetero) is 1. The number of carbonyl (C=O) groups excluding carboxylic acids is 3. The SMILES string of the molecule is CNC(=O)CC1COCCN1C(=O)CC1=C(c2ccccc2)CCC1=O. The van der Waals surface area contributed by atoms with Crippen molar-refractivity contribution in [3.8, 4) is 0 Å². The third-order valence-corrected chi connectivity index (χ3v) is 5.00. The molecule has 0 saturated carbocycles. The Balaban J connectivity index is 1.78. The Morgan fingerprint density at radius 1 is 1.23 bits per heavy atom. The maximum absolute atomic E-state index is 12.9. The lowest BCUT2D eigenvalue weighted by molar-refractivity contribution is -0.141. The van der Waals surface area contributed by atoms with Crippen LogP contribution in [-0.2, 0) is 19.1 Å². The highest BCUT2D eigenvalue weighted by Crippen LogP contribution is 2.34. The highest BCUT2D eigenvalue weighted by Gasteiger charge is 2.32. The van der Waals surface area contributed by atoms with Crippen LogP contribution in [0.1, 0.15) is 31.2 Å². The molecule has 1 aromatic carbocycles. The average Bonchev–Trinajstić information content (AvgIpc) is 3.03. The van der Waals surface area contributed by atoms with Crippen LogP contribution in [0.2, 0.25) is 0 Å². The number of amides is 2. The van der Waals surface area contributed by atoms with E-state index < -0.39 is 0 Å². The van der Waals surface area contributed by atoms with E-state index in [1.54, 1.807) is 11.9 Å². The van der Waals surface area contributed by atoms with Gasteiger partial charge >= 0.3 is 0 Å². The van der Waals surface area contributed by atoms with Gasteiger partial charge in [-0.15, -0.1) is 0 Å². The molecule has 1 aromatic rings. The second-order valence-electron chi connectivity index (χ2n) is 6.62. The summed E-state index contributed by atoms with van der Waals surface area (Å²) < 4.78 is 5.44. The highest BCUT2D eigenvalue weighted by atomic mass is 16.5. The fourth-order valence-corrected chi connectivity index (χ4v) is 3.59. The van der Waals surface area contributed by atoms with Gasteiger partial charge in [0.1, 0.15) is 0 Å². The first-order chi connectivity index (χ1) is 12.6. The summed E-state index contributed by atoms with van der Waals surface area (Å²) in [6.45, 7) is 1.24. The van der Waals surface area contributed by atoms with Gasteiger partial charge in [0, 0.05) is 32.0 Å². The molecule has 1 heterocycles. The third-order valence-electron chi connectivity index (χ3n) is 5.00. The maximum Gasteiger partial charge on any atom is 0.227 e. The Morgan fingerprint density at radius 3 is 2.73 bits per heavy atom. The molecular weight excluding hydrogens is 332 g/mol. The van der Waals surface area contributed by atoms with Gasteiger partial charge in [-0.05, 0) is 17.6 Å². The van der Waals surface area contributed by atoms with E-state index in [0.29, 0.717) is 38.2 Å². The first-order valence-electron chi connectivity index (χ1n) is 8.98. The second kappa shape index (κ2) is 8.27. The minimum Gasteiger partial charge on any atom is -0.377 e. The summed E-state index contributed by atoms with van der Waals surface area (Å²) in [6, 6.07) is 9.47. The van der Waals surface area contributed by atoms with E-state index in [2.05, 4.69) is 5.32 Å². The summed E-state index contributed by atoms with van der Waals surface area (Å²) >= 11 is 0. The molecule has 6 heteroatoms. The first-order valence-corrected chi connectivity index (χ1v) is 8.98. The number of hydrogen-bond donors (Lipinski definition) is 1. The minimum absolute atomic E-state index is 0.0494. The number of rotatable bonds is 5. The number of nitrogens with zero attached hydrogens (tertiary/aromatic N) is 1. The van der Waals surface area contributed by atoms with Gasteiger partial charge in [0.2, 0.25) is 11.8 Å². The second-order valence-corrected chi connectivity index (χ2v) is 6.62. The van der Waals surface area contributed by atoms with Crippen molar-refractivity contribution in [2.45, 2.75) is 31.7 Å². The van der Waals surface area contributed by atoms with E-state index in [9.17, 15) is 14.4 Å². The van der Waals surface area contributed by atoms with Gasteiger partial charge in [0.15, 0.2) is 5.78 Å². The van der Waals surface area contributed by atoms with Gasteiger partial charge in [-0.3, -0.25) is 14.4 Å². The molecule has 1 atom stereocenters. The molecule has 1 N–H and O–H groups in total. The van der Waals surface area contributed by atoms with Gasteiger partial charge in [-0.2, -0.15) is 0 Å². The molecule has 2 aliphatic rings. The van der Waals surface area contributed by atoms with Gasteiger partial charge in [0.05, 0.1) is 25.7 Å². The molecule has 0 spiro atoms. The largest absolute Gasteiger partial charge is 0.377 e. The van der Waals surface area contributed by atoms with E-state index in [4.69, 9.17) is 4.74 Å². The van der Waals surface area contributed by atoms with Crippen LogP contribution in [-0.4, -0.2) is 55.3 Å². The van der Waals surface area contributed by atoms with Gasteiger partial charge in [-0.25, -0.2) is 0 Å². The van der Waals surface area contributed by atoms with Crippen molar-refractivity contribution in [2.75, 3.05) is 26.8 Å². The summed E-state index contributed by atoms with van der Waals surface area (Å²) in [5.74, 6) is -0.186. The summed E-state index contributed by atoms with van der Waals surface area (Å²) in [5, 5.41) is 2.58. The van der Waals surface area contributed by atoms with Crippen LogP contribution in [0, 0.1) is 0 Å². The number of ketones is 1. The summed E-state index contributed by atoms with van der Waals surface area (Å²) in [7, 11) is 1.58. The van der Waals surface area contributed by atoms with Crippen molar-refractivity contribution >= 4 is 23.2 Å². The van der Waals surface area contributed by atoms with Crippen LogP contribution in [0.25, 0.3) is 5.57 Å². The number of hydrogen-bond acceptors (Lipinski definition) is 4. The molecule has 3 rings (SSSR count). The van der Waals surface area contributed by atoms with Crippen molar-refractivity contribution in [1.29, 1.82) is 0 Å². The summed E-state index contributed by atoms with van der Waals surface area (Å²) in [5.41, 5.74) is 2.59. The van der Waals surface area contributed by atoms with E-state index in [1.807, 2.05) is 30.3 Å². The number of morpholine rings is 1. The number of ether oxygens (including phenoxy) is 1. The molecule has 0 aromatic heterocycles. The topological polar surface area (TPSA) is 75.7 Å². The highest BCUT2D eigenvalue weighted by molar-refractivity contribution is 6.10. The van der Waals surface area contributed by atoms with Crippen LogP contribution in [0.4, 0.5) is 0 Å². The molecule has 6 nitrogen and oxygen atoms in total. The standard InChI is InChI=1S/C20H24N2O4/c1-21-19(24)11-15-13-26-10-9-22(15)20(25)12-17-16(7-8-18(17)23)14-5-3-2-4-6-14/h2-6,15H,7-13H2,1H3,(H,21,24). The van der Waals surface area contributed by atoms with Crippen LogP contribution in [0.3, 0.4) is 0 Å². The van der Waals surface area contributed by atoms with Crippen molar-refractivity contribution in [1.82, 2.24) is 10.2 Å². The lowest BCUT2D eigenvalue weighted by Crippen LogP contribution is -2.50. The van der Waals surface area contributed by atoms with Crippen LogP contribution >= 0.6 is 0 Å². The number of nitrogens with one attached hydrogen (secondary N) is 1. The molecule has 1 unspecified atom stereocenters. The quantitative estimate of drug-likeness (QED) is 0.869. The molecule has 2 amide bonds. The normalized spacial score (nSPS) is 20.4. The van der Waals surface area contributed by atoms with Gasteiger partial charge < -0.3 is 15.0 Å². The number of carbonyl (C=O) groups is 3. The lowest BCUT2D eigenvalue weighted by atomic mass is 9.99. The van der Waals surface area contributed by atoms with Crippen molar-refractivity contribution < 1.29 is 19.1 Å². The molecule has 1 saturated heterocycles. The molecule has 138 valence electrons. The Morgan fingerprint density at radius 2 is 2.00 bits per heavy atom. The molecule has 1 fully saturated rings. The average molecular weight is 356 g/mol. The van der Waals surface area contributed by atoms with Crippen molar-refractivity contribution in [2.24, 2.45) is 0 Å².